The van der Waals surface area contributed by atoms with Gasteiger partial charge in [-0.25, -0.2) is 9.78 Å². The third-order valence-electron chi connectivity index (χ3n) is 2.84. The lowest BCUT2D eigenvalue weighted by molar-refractivity contribution is -0.146. The maximum absolute atomic E-state index is 12.1. The quantitative estimate of drug-likeness (QED) is 0.780. The summed E-state index contributed by atoms with van der Waals surface area (Å²) < 4.78 is 1.15. The molecule has 7 heteroatoms. The Bertz CT molecular complexity index is 512. The molecule has 1 aromatic rings. The number of carbonyl (C=O) groups is 2. The Labute approximate surface area is 110 Å². The number of nitrogens with zero attached hydrogens (tertiary/aromatic N) is 3. The molecule has 1 N–H and O–H groups in total. The van der Waals surface area contributed by atoms with Crippen LogP contribution < -0.4 is 5.69 Å². The number of hydrogen-bond acceptors (Lipinski definition) is 4. The second-order valence-corrected chi connectivity index (χ2v) is 4.20. The number of aliphatic carboxylic acids is 1. The Balaban J connectivity index is 2.86. The predicted molar refractivity (Wildman–Crippen MR) is 67.6 cm³/mol. The normalized spacial score (nSPS) is 11.9. The van der Waals surface area contributed by atoms with Crippen molar-refractivity contribution in [2.75, 3.05) is 6.54 Å². The monoisotopic (exact) mass is 267 g/mol. The second-order valence-electron chi connectivity index (χ2n) is 4.20. The van der Waals surface area contributed by atoms with Crippen molar-refractivity contribution in [3.05, 3.63) is 28.9 Å². The summed E-state index contributed by atoms with van der Waals surface area (Å²) >= 11 is 0. The zero-order chi connectivity index (χ0) is 14.4. The van der Waals surface area contributed by atoms with E-state index in [4.69, 9.17) is 5.11 Å². The highest BCUT2D eigenvalue weighted by Crippen LogP contribution is 2.04. The van der Waals surface area contributed by atoms with Gasteiger partial charge in [-0.05, 0) is 19.4 Å². The summed E-state index contributed by atoms with van der Waals surface area (Å²) in [6.07, 6.45) is 3.43. The minimum Gasteiger partial charge on any atom is -0.480 e. The molecule has 19 heavy (non-hydrogen) atoms. The maximum atomic E-state index is 12.1. The molecule has 0 saturated carbocycles. The van der Waals surface area contributed by atoms with Gasteiger partial charge >= 0.3 is 11.7 Å². The van der Waals surface area contributed by atoms with Gasteiger partial charge in [0.25, 0.3) is 0 Å². The van der Waals surface area contributed by atoms with Crippen molar-refractivity contribution < 1.29 is 14.7 Å². The van der Waals surface area contributed by atoms with Gasteiger partial charge in [0.05, 0.1) is 0 Å². The first-order chi connectivity index (χ1) is 8.95. The molecule has 1 heterocycles. The fourth-order valence-corrected chi connectivity index (χ4v) is 1.60. The molecule has 1 aromatic heterocycles. The molecule has 0 aliphatic carbocycles. The van der Waals surface area contributed by atoms with Gasteiger partial charge in [0.2, 0.25) is 5.91 Å². The molecule has 0 aliphatic heterocycles. The summed E-state index contributed by atoms with van der Waals surface area (Å²) in [7, 11) is 0. The number of hydrogen-bond donors (Lipinski definition) is 1. The number of carboxylic acids is 1. The minimum absolute atomic E-state index is 0.198. The lowest BCUT2D eigenvalue weighted by Gasteiger charge is -2.27. The highest BCUT2D eigenvalue weighted by atomic mass is 16.4. The lowest BCUT2D eigenvalue weighted by atomic mass is 10.2. The first kappa shape index (κ1) is 14.9. The SMILES string of the molecule is CCC(C)N(CC(=O)O)C(=O)Cn1cccnc1=O. The molecular formula is C12H17N3O4. The molecule has 0 aliphatic rings. The third kappa shape index (κ3) is 4.20. The Morgan fingerprint density at radius 2 is 2.21 bits per heavy atom. The van der Waals surface area contributed by atoms with Crippen molar-refractivity contribution in [2.24, 2.45) is 0 Å². The van der Waals surface area contributed by atoms with E-state index >= 15 is 0 Å². The van der Waals surface area contributed by atoms with Crippen LogP contribution in [0.25, 0.3) is 0 Å². The van der Waals surface area contributed by atoms with Crippen molar-refractivity contribution in [3.63, 3.8) is 0 Å². The van der Waals surface area contributed by atoms with E-state index in [-0.39, 0.29) is 19.1 Å². The third-order valence-corrected chi connectivity index (χ3v) is 2.84. The Kier molecular flexibility index (Phi) is 5.23. The second kappa shape index (κ2) is 6.67. The van der Waals surface area contributed by atoms with Crippen LogP contribution in [0.3, 0.4) is 0 Å². The molecule has 7 nitrogen and oxygen atoms in total. The van der Waals surface area contributed by atoms with E-state index in [1.807, 2.05) is 6.92 Å². The predicted octanol–water partition coefficient (Wildman–Crippen LogP) is -0.0450. The molecule has 104 valence electrons. The number of aromatic nitrogens is 2. The van der Waals surface area contributed by atoms with Crippen molar-refractivity contribution >= 4 is 11.9 Å². The molecule has 0 radical (unpaired) electrons. The molecule has 1 atom stereocenters. The first-order valence-corrected chi connectivity index (χ1v) is 5.98. The van der Waals surface area contributed by atoms with E-state index in [2.05, 4.69) is 4.98 Å². The number of carbonyl (C=O) groups excluding carboxylic acids is 1. The summed E-state index contributed by atoms with van der Waals surface area (Å²) in [5, 5.41) is 8.82. The molecule has 1 amide bonds. The van der Waals surface area contributed by atoms with Gasteiger partial charge in [0.1, 0.15) is 13.1 Å². The van der Waals surface area contributed by atoms with E-state index in [0.29, 0.717) is 6.42 Å². The molecule has 1 rings (SSSR count). The summed E-state index contributed by atoms with van der Waals surface area (Å²) in [5.41, 5.74) is -0.532. The Morgan fingerprint density at radius 3 is 2.74 bits per heavy atom. The van der Waals surface area contributed by atoms with Crippen LogP contribution in [0.5, 0.6) is 0 Å². The molecule has 0 saturated heterocycles. The van der Waals surface area contributed by atoms with Crippen LogP contribution in [0.2, 0.25) is 0 Å². The molecule has 0 fully saturated rings. The van der Waals surface area contributed by atoms with Gasteiger partial charge in [-0.2, -0.15) is 0 Å². The van der Waals surface area contributed by atoms with Gasteiger partial charge in [-0.15, -0.1) is 0 Å². The molecule has 1 unspecified atom stereocenters. The smallest absolute Gasteiger partial charge is 0.347 e. The molecule has 0 aromatic carbocycles. The topological polar surface area (TPSA) is 92.5 Å². The van der Waals surface area contributed by atoms with Crippen LogP contribution in [0, 0.1) is 0 Å². The van der Waals surface area contributed by atoms with Crippen LogP contribution in [0.4, 0.5) is 0 Å². The number of rotatable bonds is 6. The Morgan fingerprint density at radius 1 is 1.53 bits per heavy atom. The van der Waals surface area contributed by atoms with Crippen molar-refractivity contribution in [1.29, 1.82) is 0 Å². The highest BCUT2D eigenvalue weighted by molar-refractivity contribution is 5.81. The first-order valence-electron chi connectivity index (χ1n) is 5.98. The van der Waals surface area contributed by atoms with Crippen molar-refractivity contribution in [1.82, 2.24) is 14.5 Å². The summed E-state index contributed by atoms with van der Waals surface area (Å²) in [5.74, 6) is -1.49. The number of carboxylic acid groups (broad SMARTS) is 1. The zero-order valence-electron chi connectivity index (χ0n) is 10.9. The summed E-state index contributed by atoms with van der Waals surface area (Å²) in [6.45, 7) is 3.06. The van der Waals surface area contributed by atoms with E-state index in [0.717, 1.165) is 4.57 Å². The highest BCUT2D eigenvalue weighted by Gasteiger charge is 2.21. The van der Waals surface area contributed by atoms with Gasteiger partial charge < -0.3 is 10.0 Å². The van der Waals surface area contributed by atoms with Crippen LogP contribution in [-0.4, -0.2) is 44.0 Å². The average Bonchev–Trinajstić information content (AvgIpc) is 2.37. The fraction of sp³-hybridized carbons (Fsp3) is 0.500. The van der Waals surface area contributed by atoms with Crippen molar-refractivity contribution in [3.8, 4) is 0 Å². The van der Waals surface area contributed by atoms with Crippen LogP contribution in [0.15, 0.2) is 23.3 Å². The minimum atomic E-state index is -1.08. The molecule has 0 bridgehead atoms. The van der Waals surface area contributed by atoms with Gasteiger partial charge in [-0.3, -0.25) is 14.2 Å². The fourth-order valence-electron chi connectivity index (χ4n) is 1.60. The van der Waals surface area contributed by atoms with E-state index in [1.54, 1.807) is 13.0 Å². The average molecular weight is 267 g/mol. The number of amides is 1. The molecule has 0 spiro atoms. The maximum Gasteiger partial charge on any atom is 0.347 e. The summed E-state index contributed by atoms with van der Waals surface area (Å²) in [6, 6.07) is 1.34. The van der Waals surface area contributed by atoms with Gasteiger partial charge in [0, 0.05) is 18.4 Å². The van der Waals surface area contributed by atoms with Crippen molar-refractivity contribution in [2.45, 2.75) is 32.9 Å². The van der Waals surface area contributed by atoms with Gasteiger partial charge in [0.15, 0.2) is 0 Å². The summed E-state index contributed by atoms with van der Waals surface area (Å²) in [4.78, 5) is 39.0. The largest absolute Gasteiger partial charge is 0.480 e. The van der Waals surface area contributed by atoms with E-state index in [9.17, 15) is 14.4 Å². The lowest BCUT2D eigenvalue weighted by Crippen LogP contribution is -2.44. The standard InChI is InChI=1S/C12H17N3O4/c1-3-9(2)15(8-11(17)18)10(16)7-14-6-4-5-13-12(14)19/h4-6,9H,3,7-8H2,1-2H3,(H,17,18). The van der Waals surface area contributed by atoms with Crippen LogP contribution >= 0.6 is 0 Å². The van der Waals surface area contributed by atoms with Gasteiger partial charge in [-0.1, -0.05) is 6.92 Å². The zero-order valence-corrected chi connectivity index (χ0v) is 10.9. The van der Waals surface area contributed by atoms with E-state index < -0.39 is 17.6 Å². The van der Waals surface area contributed by atoms with E-state index in [1.165, 1.54) is 17.3 Å². The van der Waals surface area contributed by atoms with Crippen LogP contribution in [-0.2, 0) is 16.1 Å². The molecular weight excluding hydrogens is 250 g/mol. The van der Waals surface area contributed by atoms with Crippen LogP contribution in [0.1, 0.15) is 20.3 Å². The Hall–Kier alpha value is -2.18.